The van der Waals surface area contributed by atoms with Crippen LogP contribution in [0, 0.1) is 17.8 Å². The summed E-state index contributed by atoms with van der Waals surface area (Å²) in [4.78, 5) is 39.1. The summed E-state index contributed by atoms with van der Waals surface area (Å²) in [7, 11) is -6.28. The van der Waals surface area contributed by atoms with E-state index >= 15 is 0 Å². The van der Waals surface area contributed by atoms with Crippen LogP contribution in [0.5, 0.6) is 0 Å². The first-order valence-electron chi connectivity index (χ1n) is 36.6. The lowest BCUT2D eigenvalue weighted by Gasteiger charge is -2.67. The van der Waals surface area contributed by atoms with Crippen LogP contribution in [0.4, 0.5) is 0 Å². The molecule has 24 heteroatoms. The van der Waals surface area contributed by atoms with Crippen LogP contribution in [0.1, 0.15) is 288 Å². The smallest absolute Gasteiger partial charge is 0.333 e. The maximum absolute atomic E-state index is 12.8. The lowest BCUT2D eigenvalue weighted by Crippen LogP contribution is -2.70. The molecule has 6 unspecified atom stereocenters. The quantitative estimate of drug-likeness (QED) is 0.0336. The number of carbonyl (C=O) groups excluding carboxylic acids is 3. The molecule has 0 aliphatic heterocycles. The molecule has 564 valence electrons. The van der Waals surface area contributed by atoms with E-state index in [1.165, 1.54) is 71.1 Å². The maximum atomic E-state index is 12.8. The summed E-state index contributed by atoms with van der Waals surface area (Å²) in [5, 5.41) is 30.5. The third-order valence-corrected chi connectivity index (χ3v) is 24.8. The summed E-state index contributed by atoms with van der Waals surface area (Å²) in [5.41, 5.74) is -5.77. The first-order chi connectivity index (χ1) is 44.9. The molecule has 15 fully saturated rings. The SMILES string of the molecule is C=C(C)C(=O)OC12CC3CC(O)(CC(O)(C3)C1)C2.C=C(C)C(=O)OC12CC3CC(OC4(CC)CCCC4)(C1)CC(OC1(CC)CCCC1)(C3)C2.C=C(C)C(=O)OC12CC3CC(OS(C)(=O)=O)(C1)CC(OS(C)(=O)=O)(C3)C2.CCC1(O)CCCC1.CCN(C(C)C)C(C)C.CS(=O)(=O)Cl. The van der Waals surface area contributed by atoms with Gasteiger partial charge in [-0.2, -0.15) is 16.8 Å². The van der Waals surface area contributed by atoms with E-state index in [1.54, 1.807) is 13.8 Å². The Morgan fingerprint density at radius 2 is 0.704 bits per heavy atom. The average Bonchev–Trinajstić information content (AvgIpc) is 0.869. The summed E-state index contributed by atoms with van der Waals surface area (Å²) in [6.07, 6.45) is 31.5. The van der Waals surface area contributed by atoms with E-state index < -0.39 is 80.4 Å². The van der Waals surface area contributed by atoms with Crippen LogP contribution in [0.15, 0.2) is 36.5 Å². The topological polar surface area (TPSA) is 282 Å². The Morgan fingerprint density at radius 1 is 0.439 bits per heavy atom. The third-order valence-electron chi connectivity index (χ3n) is 23.5. The molecular formula is C74H124ClNO19S3. The molecule has 0 spiro atoms. The highest BCUT2D eigenvalue weighted by atomic mass is 35.7. The number of halogens is 1. The van der Waals surface area contributed by atoms with Crippen LogP contribution in [0.25, 0.3) is 0 Å². The number of rotatable bonds is 20. The zero-order valence-corrected chi connectivity index (χ0v) is 65.2. The second-order valence-corrected chi connectivity index (χ2v) is 40.2. The Morgan fingerprint density at radius 3 is 0.959 bits per heavy atom. The van der Waals surface area contributed by atoms with Gasteiger partial charge >= 0.3 is 17.9 Å². The summed E-state index contributed by atoms with van der Waals surface area (Å²) in [6, 6.07) is 1.38. The molecule has 12 bridgehead atoms. The van der Waals surface area contributed by atoms with E-state index in [0.717, 1.165) is 115 Å². The molecule has 15 rings (SSSR count). The molecule has 20 nitrogen and oxygen atoms in total. The fraction of sp³-hybridized carbons (Fsp3) is 0.878. The molecule has 0 aromatic carbocycles. The van der Waals surface area contributed by atoms with Gasteiger partial charge in [0.25, 0.3) is 20.2 Å². The van der Waals surface area contributed by atoms with Gasteiger partial charge in [0.05, 0.1) is 69.2 Å². The fourth-order valence-corrected chi connectivity index (χ4v) is 23.2. The number of ether oxygens (including phenoxy) is 5. The highest BCUT2D eigenvalue weighted by Gasteiger charge is 2.71. The molecule has 0 heterocycles. The van der Waals surface area contributed by atoms with Gasteiger partial charge in [0.15, 0.2) is 0 Å². The Labute approximate surface area is 593 Å². The predicted molar refractivity (Wildman–Crippen MR) is 379 cm³/mol. The molecule has 0 aromatic heterocycles. The molecule has 0 aromatic rings. The number of nitrogens with zero attached hydrogens (tertiary/aromatic N) is 1. The summed E-state index contributed by atoms with van der Waals surface area (Å²) in [5.74, 6) is -0.536. The molecule has 0 radical (unpaired) electrons. The predicted octanol–water partition coefficient (Wildman–Crippen LogP) is 13.4. The average molecular weight is 1460 g/mol. The van der Waals surface area contributed by atoms with E-state index in [1.807, 2.05) is 0 Å². The van der Waals surface area contributed by atoms with Gasteiger partial charge in [-0.1, -0.05) is 86.0 Å². The summed E-state index contributed by atoms with van der Waals surface area (Å²) in [6.45, 7) is 34.9. The fourth-order valence-electron chi connectivity index (χ4n) is 21.6. The number of esters is 3. The molecule has 15 saturated carbocycles. The zero-order valence-electron chi connectivity index (χ0n) is 62.0. The molecule has 0 amide bonds. The van der Waals surface area contributed by atoms with Crippen LogP contribution < -0.4 is 0 Å². The normalized spacial score (nSPS) is 36.6. The molecule has 3 N–H and O–H groups in total. The van der Waals surface area contributed by atoms with Crippen LogP contribution >= 0.6 is 10.7 Å². The number of hydrogen-bond donors (Lipinski definition) is 3. The Hall–Kier alpha value is -2.55. The van der Waals surface area contributed by atoms with Crippen molar-refractivity contribution in [3.8, 4) is 0 Å². The number of carbonyl (C=O) groups is 3. The van der Waals surface area contributed by atoms with Crippen molar-refractivity contribution >= 4 is 57.9 Å². The monoisotopic (exact) mass is 1460 g/mol. The summed E-state index contributed by atoms with van der Waals surface area (Å²) < 4.78 is 109. The molecular weight excluding hydrogens is 1340 g/mol. The first kappa shape index (κ1) is 82.7. The van der Waals surface area contributed by atoms with Gasteiger partial charge in [0.2, 0.25) is 9.05 Å². The Kier molecular flexibility index (Phi) is 25.7. The van der Waals surface area contributed by atoms with E-state index in [9.17, 15) is 55.0 Å². The number of aliphatic hydroxyl groups is 3. The van der Waals surface area contributed by atoms with Gasteiger partial charge in [-0.05, 0) is 188 Å². The van der Waals surface area contributed by atoms with Gasteiger partial charge in [0, 0.05) is 97.3 Å². The van der Waals surface area contributed by atoms with Crippen molar-refractivity contribution in [3.05, 3.63) is 36.5 Å². The van der Waals surface area contributed by atoms with Crippen molar-refractivity contribution in [2.75, 3.05) is 25.3 Å². The lowest BCUT2D eigenvalue weighted by atomic mass is 9.50. The van der Waals surface area contributed by atoms with Crippen molar-refractivity contribution in [1.29, 1.82) is 0 Å². The van der Waals surface area contributed by atoms with Crippen molar-refractivity contribution in [3.63, 3.8) is 0 Å². The van der Waals surface area contributed by atoms with Crippen molar-refractivity contribution in [1.82, 2.24) is 4.90 Å². The van der Waals surface area contributed by atoms with Gasteiger partial charge < -0.3 is 39.0 Å². The zero-order chi connectivity index (χ0) is 73.4. The van der Waals surface area contributed by atoms with Crippen LogP contribution in [0.3, 0.4) is 0 Å². The van der Waals surface area contributed by atoms with Gasteiger partial charge in [0.1, 0.15) is 16.8 Å². The molecule has 15 aliphatic rings. The first-order valence-corrected chi connectivity index (χ1v) is 43.0. The van der Waals surface area contributed by atoms with E-state index in [2.05, 4.69) is 90.7 Å². The lowest BCUT2D eigenvalue weighted by molar-refractivity contribution is -0.323. The van der Waals surface area contributed by atoms with Crippen molar-refractivity contribution in [2.24, 2.45) is 17.8 Å². The Bertz CT molecular complexity index is 3110. The molecule has 15 aliphatic carbocycles. The second kappa shape index (κ2) is 30.5. The largest absolute Gasteiger partial charge is 0.455 e. The van der Waals surface area contributed by atoms with E-state index in [0.29, 0.717) is 67.7 Å². The minimum atomic E-state index is -3.79. The van der Waals surface area contributed by atoms with E-state index in [-0.39, 0.29) is 70.6 Å². The minimum Gasteiger partial charge on any atom is -0.455 e. The maximum Gasteiger partial charge on any atom is 0.333 e. The molecule has 6 atom stereocenters. The van der Waals surface area contributed by atoms with Crippen LogP contribution in [-0.4, -0.2) is 168 Å². The van der Waals surface area contributed by atoms with Gasteiger partial charge in [-0.25, -0.2) is 22.8 Å². The van der Waals surface area contributed by atoms with Gasteiger partial charge in [-0.3, -0.25) is 13.3 Å². The highest BCUT2D eigenvalue weighted by molar-refractivity contribution is 8.13. The standard InChI is InChI=1S/C28H44O4.C16H24O8S2.C14H20O4.C8H19N.C7H14O.CH3ClO2S/c1-5-24(11-7-8-12-24)31-27-16-22-15-26(18-27,30-23(29)21(3)4)19-28(17-22,20-27)32-25(6-2)13-9-10-14-25;1-11(2)13(17)22-14-5-12-6-15(8-14,23-25(3,18)19)10-16(7-12,9-14)24-26(4,20)21;1-9(2)11(15)18-14-5-10-3-12(16,7-14)6-13(17,4-10)8-14;1-6-9(7(2)3)8(4)5;1-2-7(8)5-3-4-6-7;1-5(2,3)4/h22H,3,5-20H2,1-2,4H3;12H,1,5-10H2,2-4H3;10,16-17H,1,3-8H2,2H3;7-8H,6H2,1-5H3;8H,2-6H2,1H3;1H3. The minimum absolute atomic E-state index is 0.00220. The second-order valence-electron chi connectivity index (χ2n) is 34.0. The van der Waals surface area contributed by atoms with Crippen molar-refractivity contribution in [2.45, 2.75) is 367 Å². The summed E-state index contributed by atoms with van der Waals surface area (Å²) >= 11 is 0. The number of hydrogen-bond acceptors (Lipinski definition) is 20. The molecule has 98 heavy (non-hydrogen) atoms. The van der Waals surface area contributed by atoms with E-state index in [4.69, 9.17) is 32.1 Å². The molecule has 0 saturated heterocycles. The van der Waals surface area contributed by atoms with Crippen LogP contribution in [0.2, 0.25) is 0 Å². The Balaban J connectivity index is 0.000000183. The third kappa shape index (κ3) is 21.3. The highest BCUT2D eigenvalue weighted by Crippen LogP contribution is 2.67. The van der Waals surface area contributed by atoms with Crippen molar-refractivity contribution < 1.29 is 87.0 Å². The van der Waals surface area contributed by atoms with Crippen LogP contribution in [-0.2, 0) is 75.7 Å². The van der Waals surface area contributed by atoms with Gasteiger partial charge in [-0.15, -0.1) is 0 Å².